The summed E-state index contributed by atoms with van der Waals surface area (Å²) in [7, 11) is -2.52. The van der Waals surface area contributed by atoms with E-state index in [0.717, 1.165) is 15.3 Å². The van der Waals surface area contributed by atoms with E-state index in [-0.39, 0.29) is 0 Å². The van der Waals surface area contributed by atoms with Crippen molar-refractivity contribution in [3.63, 3.8) is 0 Å². The Morgan fingerprint density at radius 1 is 1.23 bits per heavy atom. The van der Waals surface area contributed by atoms with Crippen molar-refractivity contribution in [3.8, 4) is 0 Å². The van der Waals surface area contributed by atoms with Gasteiger partial charge in [0.25, 0.3) is 5.91 Å². The molecule has 1 rings (SSSR count). The zero-order valence-corrected chi connectivity index (χ0v) is 16.5. The molecular formula is C18H26N2O5S. The Labute approximate surface area is 155 Å². The van der Waals surface area contributed by atoms with Crippen LogP contribution in [0.3, 0.4) is 0 Å². The van der Waals surface area contributed by atoms with Crippen LogP contribution in [0.1, 0.15) is 33.3 Å². The van der Waals surface area contributed by atoms with Crippen LogP contribution in [-0.4, -0.2) is 49.8 Å². The Hall–Kier alpha value is -2.19. The Kier molecular flexibility index (Phi) is 7.53. The van der Waals surface area contributed by atoms with E-state index in [1.54, 1.807) is 45.0 Å². The minimum atomic E-state index is -3.79. The quantitative estimate of drug-likeness (QED) is 0.726. The van der Waals surface area contributed by atoms with Crippen molar-refractivity contribution in [3.05, 3.63) is 41.3 Å². The van der Waals surface area contributed by atoms with Gasteiger partial charge in [0.15, 0.2) is 6.10 Å². The molecule has 0 radical (unpaired) electrons. The fraction of sp³-hybridized carbons (Fsp3) is 0.444. The number of amides is 1. The van der Waals surface area contributed by atoms with Crippen LogP contribution in [0.4, 0.5) is 0 Å². The van der Waals surface area contributed by atoms with Crippen LogP contribution in [-0.2, 0) is 24.3 Å². The van der Waals surface area contributed by atoms with Crippen LogP contribution in [0.5, 0.6) is 0 Å². The predicted octanol–water partition coefficient (Wildman–Crippen LogP) is 1.77. The molecule has 0 aliphatic heterocycles. The number of hydrogen-bond acceptors (Lipinski definition) is 5. The van der Waals surface area contributed by atoms with Crippen molar-refractivity contribution in [2.24, 2.45) is 0 Å². The lowest BCUT2D eigenvalue weighted by molar-refractivity contribution is -0.155. The highest BCUT2D eigenvalue weighted by molar-refractivity contribution is 7.92. The Morgan fingerprint density at radius 3 is 2.35 bits per heavy atom. The topological polar surface area (TPSA) is 92.8 Å². The molecule has 0 bridgehead atoms. The molecule has 1 aromatic rings. The van der Waals surface area contributed by atoms with E-state index < -0.39 is 40.1 Å². The third kappa shape index (κ3) is 7.79. The fourth-order valence-electron chi connectivity index (χ4n) is 1.86. The molecule has 1 N–H and O–H groups in total. The number of hydrogen-bond donors (Lipinski definition) is 1. The predicted molar refractivity (Wildman–Crippen MR) is 100 cm³/mol. The second-order valence-electron chi connectivity index (χ2n) is 6.89. The molecule has 0 aliphatic carbocycles. The molecule has 0 fully saturated rings. The number of likely N-dealkylation sites (N-methyl/N-ethyl adjacent to an activating group) is 1. The van der Waals surface area contributed by atoms with Gasteiger partial charge in [-0.2, -0.15) is 4.31 Å². The number of esters is 1. The van der Waals surface area contributed by atoms with E-state index >= 15 is 0 Å². The number of sulfonamides is 1. The first-order chi connectivity index (χ1) is 11.9. The summed E-state index contributed by atoms with van der Waals surface area (Å²) in [5.74, 6) is -1.25. The fourth-order valence-corrected chi connectivity index (χ4v) is 2.69. The summed E-state index contributed by atoms with van der Waals surface area (Å²) in [5, 5.41) is 3.71. The van der Waals surface area contributed by atoms with Crippen LogP contribution in [0, 0.1) is 0 Å². The second kappa shape index (κ2) is 8.95. The van der Waals surface area contributed by atoms with Gasteiger partial charge in [-0.15, -0.1) is 0 Å². The lowest BCUT2D eigenvalue weighted by Gasteiger charge is -2.23. The average Bonchev–Trinajstić information content (AvgIpc) is 2.52. The van der Waals surface area contributed by atoms with Crippen LogP contribution in [0.2, 0.25) is 0 Å². The van der Waals surface area contributed by atoms with Crippen LogP contribution in [0.15, 0.2) is 35.7 Å². The van der Waals surface area contributed by atoms with Gasteiger partial charge in [-0.25, -0.2) is 8.42 Å². The summed E-state index contributed by atoms with van der Waals surface area (Å²) in [6, 6.07) is 8.92. The average molecular weight is 382 g/mol. The lowest BCUT2D eigenvalue weighted by atomic mass is 10.1. The summed E-state index contributed by atoms with van der Waals surface area (Å²) < 4.78 is 30.3. The normalized spacial score (nSPS) is 13.6. The Morgan fingerprint density at radius 2 is 1.81 bits per heavy atom. The molecule has 0 heterocycles. The van der Waals surface area contributed by atoms with E-state index in [9.17, 15) is 18.0 Å². The number of nitrogens with one attached hydrogen (secondary N) is 1. The van der Waals surface area contributed by atoms with Crippen LogP contribution >= 0.6 is 0 Å². The van der Waals surface area contributed by atoms with Gasteiger partial charge in [0, 0.05) is 18.0 Å². The standard InChI is InChI=1S/C18H26N2O5S/c1-14(17(22)19-18(2,3)4)25-16(21)13-20(5)26(23,24)12-11-15-9-7-6-8-10-15/h6-12,14H,13H2,1-5H3,(H,19,22)/b12-11+/t14-/m1/s1. The molecule has 26 heavy (non-hydrogen) atoms. The van der Waals surface area contributed by atoms with Crippen molar-refractivity contribution in [2.45, 2.75) is 39.3 Å². The van der Waals surface area contributed by atoms with Crippen molar-refractivity contribution < 1.29 is 22.7 Å². The number of carbonyl (C=O) groups excluding carboxylic acids is 2. The Balaban J connectivity index is 2.62. The SMILES string of the molecule is C[C@@H](OC(=O)CN(C)S(=O)(=O)/C=C/c1ccccc1)C(=O)NC(C)(C)C. The molecule has 8 heteroatoms. The van der Waals surface area contributed by atoms with Crippen molar-refractivity contribution in [1.82, 2.24) is 9.62 Å². The van der Waals surface area contributed by atoms with Gasteiger partial charge in [0.1, 0.15) is 6.54 Å². The molecule has 1 aromatic carbocycles. The van der Waals surface area contributed by atoms with E-state index in [1.807, 2.05) is 6.07 Å². The van der Waals surface area contributed by atoms with Crippen molar-refractivity contribution >= 4 is 28.0 Å². The highest BCUT2D eigenvalue weighted by Gasteiger charge is 2.24. The molecule has 1 atom stereocenters. The zero-order chi connectivity index (χ0) is 20.0. The number of carbonyl (C=O) groups is 2. The van der Waals surface area contributed by atoms with Gasteiger partial charge in [-0.3, -0.25) is 9.59 Å². The van der Waals surface area contributed by atoms with Crippen molar-refractivity contribution in [2.75, 3.05) is 13.6 Å². The number of ether oxygens (including phenoxy) is 1. The minimum Gasteiger partial charge on any atom is -0.452 e. The number of nitrogens with zero attached hydrogens (tertiary/aromatic N) is 1. The number of rotatable bonds is 7. The minimum absolute atomic E-state index is 0.444. The molecule has 144 valence electrons. The summed E-state index contributed by atoms with van der Waals surface area (Å²) in [5.41, 5.74) is 0.264. The van der Waals surface area contributed by atoms with Crippen molar-refractivity contribution in [1.29, 1.82) is 0 Å². The lowest BCUT2D eigenvalue weighted by Crippen LogP contribution is -2.46. The van der Waals surface area contributed by atoms with E-state index in [4.69, 9.17) is 4.74 Å². The summed E-state index contributed by atoms with van der Waals surface area (Å²) in [4.78, 5) is 23.8. The molecule has 0 unspecified atom stereocenters. The van der Waals surface area contributed by atoms with Gasteiger partial charge in [0.05, 0.1) is 0 Å². The summed E-state index contributed by atoms with van der Waals surface area (Å²) in [6.45, 7) is 6.36. The maximum Gasteiger partial charge on any atom is 0.322 e. The first-order valence-electron chi connectivity index (χ1n) is 8.12. The van der Waals surface area contributed by atoms with Gasteiger partial charge in [-0.05, 0) is 39.3 Å². The highest BCUT2D eigenvalue weighted by atomic mass is 32.2. The largest absolute Gasteiger partial charge is 0.452 e. The van der Waals surface area contributed by atoms with Gasteiger partial charge < -0.3 is 10.1 Å². The molecule has 0 aromatic heterocycles. The molecule has 7 nitrogen and oxygen atoms in total. The van der Waals surface area contributed by atoms with E-state index in [2.05, 4.69) is 5.32 Å². The van der Waals surface area contributed by atoms with Crippen LogP contribution < -0.4 is 5.32 Å². The monoisotopic (exact) mass is 382 g/mol. The maximum atomic E-state index is 12.2. The second-order valence-corrected chi connectivity index (χ2v) is 8.81. The molecule has 0 aliphatic rings. The summed E-state index contributed by atoms with van der Waals surface area (Å²) in [6.07, 6.45) is 0.425. The number of benzene rings is 1. The highest BCUT2D eigenvalue weighted by Crippen LogP contribution is 2.07. The molecule has 0 spiro atoms. The first kappa shape index (κ1) is 21.9. The smallest absolute Gasteiger partial charge is 0.322 e. The third-order valence-corrected chi connectivity index (χ3v) is 4.67. The maximum absolute atomic E-state index is 12.2. The summed E-state index contributed by atoms with van der Waals surface area (Å²) >= 11 is 0. The molecule has 0 saturated heterocycles. The van der Waals surface area contributed by atoms with E-state index in [1.165, 1.54) is 20.0 Å². The van der Waals surface area contributed by atoms with Gasteiger partial charge in [-0.1, -0.05) is 30.3 Å². The molecule has 1 amide bonds. The van der Waals surface area contributed by atoms with Gasteiger partial charge >= 0.3 is 5.97 Å². The van der Waals surface area contributed by atoms with Crippen LogP contribution in [0.25, 0.3) is 6.08 Å². The molecular weight excluding hydrogens is 356 g/mol. The first-order valence-corrected chi connectivity index (χ1v) is 9.62. The Bertz CT molecular complexity index is 752. The molecule has 0 saturated carbocycles. The van der Waals surface area contributed by atoms with Gasteiger partial charge in [0.2, 0.25) is 10.0 Å². The third-order valence-electron chi connectivity index (χ3n) is 3.19. The zero-order valence-electron chi connectivity index (χ0n) is 15.7. The van der Waals surface area contributed by atoms with E-state index in [0.29, 0.717) is 0 Å².